The van der Waals surface area contributed by atoms with Crippen LogP contribution in [-0.4, -0.2) is 77.1 Å². The van der Waals surface area contributed by atoms with Crippen molar-refractivity contribution >= 4 is 24.0 Å². The molecule has 0 heterocycles. The van der Waals surface area contributed by atoms with E-state index in [-0.39, 0.29) is 25.9 Å². The van der Waals surface area contributed by atoms with E-state index in [0.29, 0.717) is 0 Å². The molecule has 0 spiro atoms. The Morgan fingerprint density at radius 1 is 0.686 bits per heavy atom. The van der Waals surface area contributed by atoms with Crippen LogP contribution in [0.3, 0.4) is 0 Å². The van der Waals surface area contributed by atoms with E-state index in [1.54, 1.807) is 62.3 Å². The van der Waals surface area contributed by atoms with Gasteiger partial charge in [-0.15, -0.1) is 0 Å². The number of hydrogen-bond donors (Lipinski definition) is 4. The Balaban J connectivity index is 5.30. The van der Waals surface area contributed by atoms with Crippen LogP contribution < -0.4 is 16.0 Å². The Morgan fingerprint density at radius 3 is 1.51 bits per heavy atom. The van der Waals surface area contributed by atoms with E-state index >= 15 is 0 Å². The third-order valence-electron chi connectivity index (χ3n) is 4.15. The maximum Gasteiger partial charge on any atom is 0.408 e. The molecule has 0 rings (SSSR count). The highest BCUT2D eigenvalue weighted by atomic mass is 16.6. The summed E-state index contributed by atoms with van der Waals surface area (Å²) < 4.78 is 16.1. The average molecular weight is 504 g/mol. The van der Waals surface area contributed by atoms with Crippen LogP contribution in [0.15, 0.2) is 0 Å². The summed E-state index contributed by atoms with van der Waals surface area (Å²) >= 11 is 0. The summed E-state index contributed by atoms with van der Waals surface area (Å²) in [6.07, 6.45) is -0.390. The molecule has 0 saturated carbocycles. The molecule has 3 unspecified atom stereocenters. The van der Waals surface area contributed by atoms with Gasteiger partial charge < -0.3 is 35.3 Å². The molecular weight excluding hydrogens is 458 g/mol. The molecule has 0 aliphatic heterocycles. The number of rotatable bonds is 12. The van der Waals surface area contributed by atoms with E-state index in [9.17, 15) is 19.2 Å². The monoisotopic (exact) mass is 503 g/mol. The summed E-state index contributed by atoms with van der Waals surface area (Å²) in [5.41, 5.74) is -2.22. The standard InChI is InChI=1S/C24H45N3O8/c1-15(18(28)29)25-13-11-16(19(30)33-22(2,3)4)26-14-12-17(20(31)34-23(5,6)7)27-21(32)35-24(8,9)10/h15-17,25-26H,11-14H2,1-10H3,(H,27,32)(H,28,29). The van der Waals surface area contributed by atoms with Crippen molar-refractivity contribution in [3.05, 3.63) is 0 Å². The van der Waals surface area contributed by atoms with E-state index in [1.807, 2.05) is 0 Å². The van der Waals surface area contributed by atoms with Gasteiger partial charge in [-0.25, -0.2) is 9.59 Å². The minimum absolute atomic E-state index is 0.117. The number of esters is 2. The molecule has 1 amide bonds. The molecule has 0 aliphatic carbocycles. The SMILES string of the molecule is CC(NCCC(NCCC(NC(=O)OC(C)(C)C)C(=O)OC(C)(C)C)C(=O)OC(C)(C)C)C(=O)O. The number of carboxylic acids is 1. The first-order valence-electron chi connectivity index (χ1n) is 11.8. The van der Waals surface area contributed by atoms with Crippen molar-refractivity contribution in [1.82, 2.24) is 16.0 Å². The molecule has 0 fully saturated rings. The smallest absolute Gasteiger partial charge is 0.408 e. The van der Waals surface area contributed by atoms with Gasteiger partial charge in [-0.3, -0.25) is 9.59 Å². The molecule has 0 aromatic heterocycles. The molecule has 204 valence electrons. The Kier molecular flexibility index (Phi) is 12.7. The summed E-state index contributed by atoms with van der Waals surface area (Å²) in [5, 5.41) is 17.4. The molecule has 11 heteroatoms. The van der Waals surface area contributed by atoms with Crippen molar-refractivity contribution in [2.45, 2.75) is 117 Å². The van der Waals surface area contributed by atoms with E-state index in [4.69, 9.17) is 19.3 Å². The Morgan fingerprint density at radius 2 is 1.09 bits per heavy atom. The van der Waals surface area contributed by atoms with Gasteiger partial charge in [-0.05, 0) is 95.2 Å². The van der Waals surface area contributed by atoms with Gasteiger partial charge in [0.1, 0.15) is 34.9 Å². The van der Waals surface area contributed by atoms with Gasteiger partial charge in [0.25, 0.3) is 0 Å². The van der Waals surface area contributed by atoms with Crippen LogP contribution in [0.2, 0.25) is 0 Å². The lowest BCUT2D eigenvalue weighted by Gasteiger charge is -2.27. The summed E-state index contributed by atoms with van der Waals surface area (Å²) in [4.78, 5) is 48.7. The van der Waals surface area contributed by atoms with Gasteiger partial charge in [-0.1, -0.05) is 0 Å². The zero-order valence-corrected chi connectivity index (χ0v) is 22.9. The highest BCUT2D eigenvalue weighted by Gasteiger charge is 2.30. The molecule has 35 heavy (non-hydrogen) atoms. The maximum absolute atomic E-state index is 12.7. The molecule has 0 radical (unpaired) electrons. The second kappa shape index (κ2) is 13.6. The fourth-order valence-electron chi connectivity index (χ4n) is 2.68. The van der Waals surface area contributed by atoms with Gasteiger partial charge in [0.05, 0.1) is 0 Å². The highest BCUT2D eigenvalue weighted by Crippen LogP contribution is 2.13. The van der Waals surface area contributed by atoms with Crippen LogP contribution in [0.4, 0.5) is 4.79 Å². The van der Waals surface area contributed by atoms with Crippen LogP contribution in [0.1, 0.15) is 82.1 Å². The molecule has 4 N–H and O–H groups in total. The molecule has 0 aliphatic rings. The van der Waals surface area contributed by atoms with Gasteiger partial charge >= 0.3 is 24.0 Å². The molecule has 11 nitrogen and oxygen atoms in total. The largest absolute Gasteiger partial charge is 0.480 e. The number of carbonyl (C=O) groups is 4. The van der Waals surface area contributed by atoms with Crippen molar-refractivity contribution in [1.29, 1.82) is 0 Å². The topological polar surface area (TPSA) is 152 Å². The molecule has 0 aromatic carbocycles. The van der Waals surface area contributed by atoms with Crippen molar-refractivity contribution < 1.29 is 38.5 Å². The highest BCUT2D eigenvalue weighted by molar-refractivity contribution is 5.81. The number of ether oxygens (including phenoxy) is 3. The summed E-state index contributed by atoms with van der Waals surface area (Å²) in [6.45, 7) is 17.4. The number of nitrogens with one attached hydrogen (secondary N) is 3. The average Bonchev–Trinajstić information content (AvgIpc) is 2.61. The second-order valence-electron chi connectivity index (χ2n) is 11.4. The zero-order chi connectivity index (χ0) is 27.6. The first-order valence-corrected chi connectivity index (χ1v) is 11.8. The van der Waals surface area contributed by atoms with Crippen LogP contribution in [0.5, 0.6) is 0 Å². The molecule has 3 atom stereocenters. The third kappa shape index (κ3) is 16.8. The van der Waals surface area contributed by atoms with E-state index in [0.717, 1.165) is 0 Å². The second-order valence-corrected chi connectivity index (χ2v) is 11.4. The van der Waals surface area contributed by atoms with Crippen molar-refractivity contribution in [2.75, 3.05) is 13.1 Å². The number of carbonyl (C=O) groups excluding carboxylic acids is 3. The maximum atomic E-state index is 12.7. The van der Waals surface area contributed by atoms with Crippen LogP contribution in [0.25, 0.3) is 0 Å². The number of carboxylic acid groups (broad SMARTS) is 1. The summed E-state index contributed by atoms with van der Waals surface area (Å²) in [6, 6.07) is -2.55. The molecule has 0 aromatic rings. The number of aliphatic carboxylic acids is 1. The first-order chi connectivity index (χ1) is 15.7. The predicted octanol–water partition coefficient (Wildman–Crippen LogP) is 2.36. The quantitative estimate of drug-likeness (QED) is 0.231. The van der Waals surface area contributed by atoms with Crippen LogP contribution in [-0.2, 0) is 28.6 Å². The lowest BCUT2D eigenvalue weighted by Crippen LogP contribution is -2.49. The predicted molar refractivity (Wildman–Crippen MR) is 131 cm³/mol. The fraction of sp³-hybridized carbons (Fsp3) is 0.833. The van der Waals surface area contributed by atoms with Crippen molar-refractivity contribution in [3.8, 4) is 0 Å². The van der Waals surface area contributed by atoms with Gasteiger partial charge in [0.2, 0.25) is 0 Å². The molecule has 0 saturated heterocycles. The van der Waals surface area contributed by atoms with Gasteiger partial charge in [0, 0.05) is 0 Å². The minimum atomic E-state index is -1.01. The van der Waals surface area contributed by atoms with Crippen molar-refractivity contribution in [3.63, 3.8) is 0 Å². The van der Waals surface area contributed by atoms with E-state index in [2.05, 4.69) is 16.0 Å². The van der Waals surface area contributed by atoms with Gasteiger partial charge in [0.15, 0.2) is 0 Å². The normalized spacial score (nSPS) is 14.9. The Bertz CT molecular complexity index is 720. The summed E-state index contributed by atoms with van der Waals surface area (Å²) in [7, 11) is 0. The fourth-order valence-corrected chi connectivity index (χ4v) is 2.68. The van der Waals surface area contributed by atoms with Crippen molar-refractivity contribution in [2.24, 2.45) is 0 Å². The van der Waals surface area contributed by atoms with Crippen LogP contribution in [0, 0.1) is 0 Å². The zero-order valence-electron chi connectivity index (χ0n) is 22.9. The van der Waals surface area contributed by atoms with E-state index < -0.39 is 58.9 Å². The number of amides is 1. The Labute approximate surface area is 209 Å². The Hall–Kier alpha value is -2.40. The van der Waals surface area contributed by atoms with Crippen LogP contribution >= 0.6 is 0 Å². The molecule has 0 bridgehead atoms. The third-order valence-corrected chi connectivity index (χ3v) is 4.15. The minimum Gasteiger partial charge on any atom is -0.480 e. The first kappa shape index (κ1) is 32.6. The lowest BCUT2D eigenvalue weighted by molar-refractivity contribution is -0.157. The lowest BCUT2D eigenvalue weighted by atomic mass is 10.1. The van der Waals surface area contributed by atoms with Gasteiger partial charge in [-0.2, -0.15) is 0 Å². The van der Waals surface area contributed by atoms with E-state index in [1.165, 1.54) is 6.92 Å². The molecular formula is C24H45N3O8. The number of hydrogen-bond acceptors (Lipinski definition) is 9. The summed E-state index contributed by atoms with van der Waals surface area (Å²) in [5.74, 6) is -2.13. The number of alkyl carbamates (subject to hydrolysis) is 1.